The lowest BCUT2D eigenvalue weighted by molar-refractivity contribution is -0.150. The van der Waals surface area contributed by atoms with Crippen molar-refractivity contribution in [3.05, 3.63) is 101 Å². The third-order valence-electron chi connectivity index (χ3n) is 14.0. The van der Waals surface area contributed by atoms with Gasteiger partial charge in [0.2, 0.25) is 23.6 Å². The first kappa shape index (κ1) is 50.1. The molecular weight excluding hydrogens is 872 g/mol. The Labute approximate surface area is 388 Å². The summed E-state index contributed by atoms with van der Waals surface area (Å²) in [7, 11) is 2.63. The fourth-order valence-corrected chi connectivity index (χ4v) is 11.0. The number of anilines is 1. The van der Waals surface area contributed by atoms with E-state index in [2.05, 4.69) is 0 Å². The number of carbonyl (C=O) groups excluding carboxylic acids is 4. The van der Waals surface area contributed by atoms with Crippen molar-refractivity contribution in [3.63, 3.8) is 0 Å². The highest BCUT2D eigenvalue weighted by atomic mass is 19.4. The molecule has 6 N–H and O–H groups in total. The van der Waals surface area contributed by atoms with Crippen molar-refractivity contribution >= 4 is 41.5 Å². The average Bonchev–Trinajstić information content (AvgIpc) is 4.01. The normalized spacial score (nSPS) is 23.2. The highest BCUT2D eigenvalue weighted by Crippen LogP contribution is 2.50. The summed E-state index contributed by atoms with van der Waals surface area (Å²) < 4.78 is 41.4. The summed E-state index contributed by atoms with van der Waals surface area (Å²) in [5.74, 6) is -2.63. The van der Waals surface area contributed by atoms with E-state index in [1.165, 1.54) is 36.0 Å². The second-order valence-electron chi connectivity index (χ2n) is 20.3. The summed E-state index contributed by atoms with van der Waals surface area (Å²) >= 11 is 0. The second-order valence-corrected chi connectivity index (χ2v) is 20.3. The molecule has 0 spiro atoms. The number of carboxylic acid groups (broad SMARTS) is 2. The van der Waals surface area contributed by atoms with Crippen LogP contribution in [0, 0.1) is 10.8 Å². The molecule has 18 heteroatoms. The standard InChI is InChI=1S/C49H62F3N7O8/c1-45(2,3)37(55(7)43(64)65)39(60)57-27-9-25-47(57,41(53)62)31-15-11-29(12-16-31)35-23-24-36(59(35)34-21-19-33(20-22-34)49(50,51)52)30-13-17-32(18-14-30)48(42(54)63)26-10-28-58(48)40(61)38(46(4,5)6)56(8)44(66)67/h11-22,35-38H,9-10,23-28H2,1-8H3,(H2,53,62)(H2,54,63)(H,64,65)(H,66,67)/t35-,36-,37-,38-,47+,48+/m1/s1. The van der Waals surface area contributed by atoms with E-state index in [-0.39, 0.29) is 25.9 Å². The van der Waals surface area contributed by atoms with Crippen molar-refractivity contribution in [2.45, 2.75) is 121 Å². The zero-order chi connectivity index (χ0) is 49.8. The number of nitrogens with two attached hydrogens (primary N) is 2. The highest BCUT2D eigenvalue weighted by Gasteiger charge is 2.55. The second kappa shape index (κ2) is 18.1. The van der Waals surface area contributed by atoms with Gasteiger partial charge in [0.05, 0.1) is 17.6 Å². The predicted molar refractivity (Wildman–Crippen MR) is 243 cm³/mol. The number of carbonyl (C=O) groups is 6. The molecule has 3 aromatic carbocycles. The molecule has 6 atom stereocenters. The molecule has 0 bridgehead atoms. The van der Waals surface area contributed by atoms with Crippen molar-refractivity contribution in [2.75, 3.05) is 32.1 Å². The van der Waals surface area contributed by atoms with E-state index >= 15 is 0 Å². The van der Waals surface area contributed by atoms with Crippen molar-refractivity contribution in [3.8, 4) is 0 Å². The molecule has 3 heterocycles. The Morgan fingerprint density at radius 3 is 1.24 bits per heavy atom. The molecule has 67 heavy (non-hydrogen) atoms. The largest absolute Gasteiger partial charge is 0.465 e. The number of likely N-dealkylation sites (tertiary alicyclic amines) is 2. The van der Waals surface area contributed by atoms with Gasteiger partial charge < -0.3 is 36.4 Å². The molecular formula is C49H62F3N7O8. The maximum Gasteiger partial charge on any atom is 0.416 e. The van der Waals surface area contributed by atoms with Crippen LogP contribution in [0.1, 0.15) is 120 Å². The van der Waals surface area contributed by atoms with E-state index < -0.39 is 93.6 Å². The molecule has 6 rings (SSSR count). The predicted octanol–water partition coefficient (Wildman–Crippen LogP) is 7.44. The Morgan fingerprint density at radius 1 is 0.612 bits per heavy atom. The zero-order valence-electron chi connectivity index (χ0n) is 39.3. The molecule has 362 valence electrons. The number of rotatable bonds is 11. The van der Waals surface area contributed by atoms with Gasteiger partial charge in [-0.05, 0) is 95.9 Å². The van der Waals surface area contributed by atoms with Gasteiger partial charge in [0, 0.05) is 32.9 Å². The van der Waals surface area contributed by atoms with Gasteiger partial charge in [0.1, 0.15) is 23.2 Å². The van der Waals surface area contributed by atoms with Crippen molar-refractivity contribution < 1.29 is 52.2 Å². The van der Waals surface area contributed by atoms with Crippen LogP contribution in [0.15, 0.2) is 72.8 Å². The molecule has 6 amide bonds. The highest BCUT2D eigenvalue weighted by molar-refractivity contribution is 5.96. The summed E-state index contributed by atoms with van der Waals surface area (Å²) in [5, 5.41) is 19.8. The monoisotopic (exact) mass is 933 g/mol. The van der Waals surface area contributed by atoms with E-state index in [0.29, 0.717) is 42.5 Å². The number of alkyl halides is 3. The molecule has 0 saturated carbocycles. The van der Waals surface area contributed by atoms with Crippen molar-refractivity contribution in [2.24, 2.45) is 22.3 Å². The summed E-state index contributed by atoms with van der Waals surface area (Å²) in [6.07, 6.45) is -4.80. The van der Waals surface area contributed by atoms with Crippen LogP contribution in [0.2, 0.25) is 0 Å². The maximum absolute atomic E-state index is 14.3. The molecule has 0 aliphatic carbocycles. The lowest BCUT2D eigenvalue weighted by atomic mass is 9.81. The van der Waals surface area contributed by atoms with Crippen LogP contribution in [-0.4, -0.2) is 105 Å². The fraction of sp³-hybridized carbons (Fsp3) is 0.510. The van der Waals surface area contributed by atoms with E-state index in [4.69, 9.17) is 11.5 Å². The fourth-order valence-electron chi connectivity index (χ4n) is 11.0. The number of amides is 6. The Hall–Kier alpha value is -6.33. The Kier molecular flexibility index (Phi) is 13.5. The van der Waals surface area contributed by atoms with Gasteiger partial charge in [-0.2, -0.15) is 13.2 Å². The number of benzene rings is 3. The van der Waals surface area contributed by atoms with Crippen LogP contribution in [0.4, 0.5) is 28.4 Å². The van der Waals surface area contributed by atoms with E-state index in [1.807, 2.05) is 29.2 Å². The van der Waals surface area contributed by atoms with Gasteiger partial charge in [0.25, 0.3) is 0 Å². The first-order valence-corrected chi connectivity index (χ1v) is 22.4. The number of hydrogen-bond acceptors (Lipinski definition) is 7. The number of hydrogen-bond donors (Lipinski definition) is 4. The summed E-state index contributed by atoms with van der Waals surface area (Å²) in [6, 6.07) is 16.0. The van der Waals surface area contributed by atoms with Gasteiger partial charge in [0.15, 0.2) is 0 Å². The van der Waals surface area contributed by atoms with E-state index in [0.717, 1.165) is 33.1 Å². The third kappa shape index (κ3) is 8.98. The molecule has 3 saturated heterocycles. The van der Waals surface area contributed by atoms with Crippen LogP contribution < -0.4 is 16.4 Å². The molecule has 0 radical (unpaired) electrons. The lowest BCUT2D eigenvalue weighted by Crippen LogP contribution is -2.61. The number of halogens is 3. The molecule has 0 unspecified atom stereocenters. The van der Waals surface area contributed by atoms with Crippen LogP contribution in [0.3, 0.4) is 0 Å². The topological polar surface area (TPSA) is 211 Å². The molecule has 3 fully saturated rings. The van der Waals surface area contributed by atoms with Crippen molar-refractivity contribution in [1.29, 1.82) is 0 Å². The van der Waals surface area contributed by atoms with E-state index in [1.54, 1.807) is 65.8 Å². The Morgan fingerprint density at radius 2 is 0.955 bits per heavy atom. The third-order valence-corrected chi connectivity index (χ3v) is 14.0. The van der Waals surface area contributed by atoms with Crippen LogP contribution in [0.5, 0.6) is 0 Å². The lowest BCUT2D eigenvalue weighted by Gasteiger charge is -2.43. The molecule has 3 aliphatic rings. The minimum absolute atomic E-state index is 0.169. The minimum atomic E-state index is -4.57. The van der Waals surface area contributed by atoms with E-state index in [9.17, 15) is 52.2 Å². The number of likely N-dealkylation sites (N-methyl/N-ethyl adjacent to an activating group) is 2. The first-order chi connectivity index (χ1) is 31.1. The Balaban J connectivity index is 1.37. The zero-order valence-corrected chi connectivity index (χ0v) is 39.3. The SMILES string of the molecule is CN(C(=O)O)[C@H](C(=O)N1CCC[C@@]1(C(N)=O)c1ccc([C@H]2CC[C@H](c3ccc([C@]4(C(N)=O)CCCN4C(=O)[C@@H](N(C)C(=O)O)C(C)(C)C)cc3)N2c2ccc(C(F)(F)F)cc2)cc1)C(C)(C)C. The first-order valence-electron chi connectivity index (χ1n) is 22.4. The maximum atomic E-state index is 14.3. The molecule has 15 nitrogen and oxygen atoms in total. The molecule has 3 aromatic rings. The average molecular weight is 934 g/mol. The van der Waals surface area contributed by atoms with Gasteiger partial charge in [-0.1, -0.05) is 90.1 Å². The van der Waals surface area contributed by atoms with Crippen LogP contribution >= 0.6 is 0 Å². The van der Waals surface area contributed by atoms with Crippen LogP contribution in [-0.2, 0) is 36.4 Å². The molecule has 0 aromatic heterocycles. The van der Waals surface area contributed by atoms with Gasteiger partial charge in [-0.15, -0.1) is 0 Å². The summed E-state index contributed by atoms with van der Waals surface area (Å²) in [5.41, 5.74) is 9.59. The van der Waals surface area contributed by atoms with Gasteiger partial charge in [-0.3, -0.25) is 29.0 Å². The van der Waals surface area contributed by atoms with Crippen molar-refractivity contribution in [1.82, 2.24) is 19.6 Å². The van der Waals surface area contributed by atoms with Gasteiger partial charge in [-0.25, -0.2) is 9.59 Å². The van der Waals surface area contributed by atoms with Gasteiger partial charge >= 0.3 is 18.4 Å². The minimum Gasteiger partial charge on any atom is -0.465 e. The number of primary amides is 2. The Bertz CT molecular complexity index is 2250. The summed E-state index contributed by atoms with van der Waals surface area (Å²) in [4.78, 5) is 86.8. The molecule has 3 aliphatic heterocycles. The quantitative estimate of drug-likeness (QED) is 0.150. The number of nitrogens with zero attached hydrogens (tertiary/aromatic N) is 5. The smallest absolute Gasteiger partial charge is 0.416 e. The summed E-state index contributed by atoms with van der Waals surface area (Å²) in [6.45, 7) is 10.8. The van der Waals surface area contributed by atoms with Crippen LogP contribution in [0.25, 0.3) is 0 Å².